The van der Waals surface area contributed by atoms with Crippen LogP contribution in [0.25, 0.3) is 11.6 Å². The van der Waals surface area contributed by atoms with Crippen molar-refractivity contribution in [2.45, 2.75) is 6.17 Å². The van der Waals surface area contributed by atoms with Crippen LogP contribution in [0.3, 0.4) is 0 Å². The Hall–Kier alpha value is -4.28. The van der Waals surface area contributed by atoms with E-state index in [2.05, 4.69) is 30.7 Å². The number of pyridine rings is 1. The third-order valence-electron chi connectivity index (χ3n) is 6.08. The Morgan fingerprint density at radius 2 is 1.81 bits per heavy atom. The fourth-order valence-corrected chi connectivity index (χ4v) is 4.50. The van der Waals surface area contributed by atoms with E-state index in [1.807, 2.05) is 60.7 Å². The van der Waals surface area contributed by atoms with E-state index in [9.17, 15) is 4.79 Å². The number of ether oxygens (including phenoxy) is 1. The first-order chi connectivity index (χ1) is 18.2. The first-order valence-electron chi connectivity index (χ1n) is 11.8. The minimum Gasteiger partial charge on any atom is -0.402 e. The molecule has 37 heavy (non-hydrogen) atoms. The van der Waals surface area contributed by atoms with Crippen LogP contribution in [-0.4, -0.2) is 59.3 Å². The number of anilines is 3. The van der Waals surface area contributed by atoms with Gasteiger partial charge < -0.3 is 24.7 Å². The zero-order valence-electron chi connectivity index (χ0n) is 19.6. The summed E-state index contributed by atoms with van der Waals surface area (Å²) in [4.78, 5) is 24.4. The van der Waals surface area contributed by atoms with Gasteiger partial charge in [0.25, 0.3) is 11.8 Å². The van der Waals surface area contributed by atoms with Crippen molar-refractivity contribution >= 4 is 40.6 Å². The Morgan fingerprint density at radius 3 is 2.62 bits per heavy atom. The molecule has 1 saturated heterocycles. The summed E-state index contributed by atoms with van der Waals surface area (Å²) < 4.78 is 11.2. The highest BCUT2D eigenvalue weighted by Gasteiger charge is 2.27. The number of benzodiazepines with no additional fused rings is 1. The molecule has 1 atom stereocenters. The number of fused-ring (bicyclic) bond motifs is 1. The number of aromatic nitrogens is 3. The van der Waals surface area contributed by atoms with E-state index in [4.69, 9.17) is 25.7 Å². The number of para-hydroxylation sites is 1. The molecule has 10 nitrogen and oxygen atoms in total. The molecule has 2 aliphatic rings. The minimum absolute atomic E-state index is 0.0207. The molecule has 2 N–H and O–H groups in total. The van der Waals surface area contributed by atoms with Crippen molar-refractivity contribution in [2.75, 3.05) is 41.8 Å². The highest BCUT2D eigenvalue weighted by Crippen LogP contribution is 2.30. The Kier molecular flexibility index (Phi) is 6.25. The van der Waals surface area contributed by atoms with Crippen molar-refractivity contribution in [3.05, 3.63) is 83.0 Å². The Morgan fingerprint density at radius 1 is 1.03 bits per heavy atom. The van der Waals surface area contributed by atoms with Gasteiger partial charge in [-0.05, 0) is 12.1 Å². The molecule has 0 aliphatic carbocycles. The summed E-state index contributed by atoms with van der Waals surface area (Å²) in [6.07, 6.45) is 0.707. The van der Waals surface area contributed by atoms with Crippen LogP contribution in [0.5, 0.6) is 0 Å². The highest BCUT2D eigenvalue weighted by molar-refractivity contribution is 6.33. The van der Waals surface area contributed by atoms with Gasteiger partial charge in [0.15, 0.2) is 0 Å². The first-order valence-corrected chi connectivity index (χ1v) is 12.2. The normalized spacial score (nSPS) is 17.4. The van der Waals surface area contributed by atoms with Gasteiger partial charge in [0.1, 0.15) is 5.69 Å². The van der Waals surface area contributed by atoms with Crippen LogP contribution in [0.2, 0.25) is 5.02 Å². The second kappa shape index (κ2) is 10.00. The van der Waals surface area contributed by atoms with Gasteiger partial charge in [-0.2, -0.15) is 0 Å². The van der Waals surface area contributed by atoms with Crippen molar-refractivity contribution < 1.29 is 13.9 Å². The number of aliphatic imine (C=N–C) groups is 1. The molecule has 0 unspecified atom stereocenters. The second-order valence-electron chi connectivity index (χ2n) is 8.46. The number of halogens is 1. The number of hydrogen-bond donors (Lipinski definition) is 2. The fraction of sp³-hybridized carbons (Fsp3) is 0.192. The van der Waals surface area contributed by atoms with Crippen LogP contribution in [0, 0.1) is 0 Å². The lowest BCUT2D eigenvalue weighted by molar-refractivity contribution is -0.116. The van der Waals surface area contributed by atoms with Crippen LogP contribution in [0.1, 0.15) is 11.1 Å². The van der Waals surface area contributed by atoms with E-state index in [1.165, 1.54) is 0 Å². The van der Waals surface area contributed by atoms with Crippen molar-refractivity contribution in [3.63, 3.8) is 0 Å². The number of hydrogen-bond acceptors (Lipinski definition) is 9. The lowest BCUT2D eigenvalue weighted by Gasteiger charge is -2.28. The number of benzene rings is 2. The zero-order valence-corrected chi connectivity index (χ0v) is 20.4. The van der Waals surface area contributed by atoms with Gasteiger partial charge in [0.05, 0.1) is 41.5 Å². The molecular weight excluding hydrogens is 494 g/mol. The molecule has 186 valence electrons. The maximum absolute atomic E-state index is 13.1. The van der Waals surface area contributed by atoms with Crippen LogP contribution in [0.4, 0.5) is 17.4 Å². The molecule has 1 fully saturated rings. The summed E-state index contributed by atoms with van der Waals surface area (Å²) in [5.74, 6) is -0.227. The first kappa shape index (κ1) is 23.1. The highest BCUT2D eigenvalue weighted by atomic mass is 35.5. The molecule has 0 saturated carbocycles. The molecule has 6 rings (SSSR count). The number of nitrogens with zero attached hydrogens (tertiary/aromatic N) is 5. The number of carbonyl (C=O) groups is 1. The third kappa shape index (κ3) is 4.76. The molecule has 1 amide bonds. The predicted octanol–water partition coefficient (Wildman–Crippen LogP) is 3.85. The Bertz CT molecular complexity index is 1470. The average Bonchev–Trinajstić information content (AvgIpc) is 3.35. The van der Waals surface area contributed by atoms with Crippen LogP contribution < -0.4 is 15.5 Å². The van der Waals surface area contributed by atoms with Gasteiger partial charge in [-0.3, -0.25) is 4.79 Å². The van der Waals surface area contributed by atoms with E-state index in [0.29, 0.717) is 35.3 Å². The summed E-state index contributed by atoms with van der Waals surface area (Å²) in [5.41, 5.74) is 4.27. The van der Waals surface area contributed by atoms with Gasteiger partial charge in [-0.25, -0.2) is 9.98 Å². The third-order valence-corrected chi connectivity index (χ3v) is 6.37. The molecule has 2 aromatic carbocycles. The summed E-state index contributed by atoms with van der Waals surface area (Å²) in [5, 5.41) is 14.4. The van der Waals surface area contributed by atoms with E-state index >= 15 is 0 Å². The van der Waals surface area contributed by atoms with Crippen molar-refractivity contribution in [1.82, 2.24) is 15.2 Å². The van der Waals surface area contributed by atoms with Crippen LogP contribution in [0.15, 0.2) is 76.3 Å². The van der Waals surface area contributed by atoms with E-state index in [-0.39, 0.29) is 17.8 Å². The smallest absolute Gasteiger partial charge is 0.317 e. The van der Waals surface area contributed by atoms with E-state index in [0.717, 1.165) is 29.9 Å². The van der Waals surface area contributed by atoms with E-state index < -0.39 is 6.17 Å². The Labute approximate surface area is 217 Å². The number of amides is 1. The molecule has 4 heterocycles. The largest absolute Gasteiger partial charge is 0.402 e. The van der Waals surface area contributed by atoms with Crippen LogP contribution >= 0.6 is 11.6 Å². The van der Waals surface area contributed by atoms with E-state index in [1.54, 1.807) is 6.20 Å². The maximum Gasteiger partial charge on any atom is 0.317 e. The molecule has 2 aliphatic heterocycles. The second-order valence-corrected chi connectivity index (χ2v) is 8.87. The molecule has 0 radical (unpaired) electrons. The number of carbonyl (C=O) groups excluding carboxylic acids is 1. The lowest BCUT2D eigenvalue weighted by atomic mass is 10.0. The van der Waals surface area contributed by atoms with Crippen molar-refractivity contribution in [3.8, 4) is 11.6 Å². The molecule has 0 bridgehead atoms. The number of rotatable bonds is 5. The standard InChI is InChI=1S/C26H22ClN7O3/c27-19-14-17(34-10-12-36-13-11-34)15-28-22(19)25-32-33-26(37-25)31-23-24(35)29-20-9-5-4-8-18(20)21(30-23)16-6-2-1-3-7-16/h1-9,14-15,23H,10-13H2,(H,29,35)(H,31,33)/t23-/m1/s1. The SMILES string of the molecule is O=C1Nc2ccccc2C(c2ccccc2)=N[C@@H]1Nc1nnc(-c2ncc(N3CCOCC3)cc2Cl)o1. The molecule has 0 spiro atoms. The van der Waals surface area contributed by atoms with Gasteiger partial charge in [0, 0.05) is 24.2 Å². The van der Waals surface area contributed by atoms with Gasteiger partial charge >= 0.3 is 6.01 Å². The van der Waals surface area contributed by atoms with Crippen molar-refractivity contribution in [2.24, 2.45) is 4.99 Å². The fourth-order valence-electron chi connectivity index (χ4n) is 4.25. The zero-order chi connectivity index (χ0) is 25.2. The van der Waals surface area contributed by atoms with Gasteiger partial charge in [-0.15, -0.1) is 5.10 Å². The lowest BCUT2D eigenvalue weighted by Crippen LogP contribution is -2.36. The number of morpholine rings is 1. The van der Waals surface area contributed by atoms with Gasteiger partial charge in [0.2, 0.25) is 6.17 Å². The topological polar surface area (TPSA) is 118 Å². The molecule has 2 aromatic heterocycles. The predicted molar refractivity (Wildman–Crippen MR) is 140 cm³/mol. The molecule has 4 aromatic rings. The van der Waals surface area contributed by atoms with Crippen LogP contribution in [-0.2, 0) is 9.53 Å². The van der Waals surface area contributed by atoms with Crippen molar-refractivity contribution in [1.29, 1.82) is 0 Å². The molecular formula is C26H22ClN7O3. The maximum atomic E-state index is 13.1. The monoisotopic (exact) mass is 515 g/mol. The van der Waals surface area contributed by atoms with Gasteiger partial charge in [-0.1, -0.05) is 65.2 Å². The Balaban J connectivity index is 1.27. The summed E-state index contributed by atoms with van der Waals surface area (Å²) in [7, 11) is 0. The quantitative estimate of drug-likeness (QED) is 0.411. The summed E-state index contributed by atoms with van der Waals surface area (Å²) in [6.45, 7) is 2.86. The average molecular weight is 516 g/mol. The molecule has 11 heteroatoms. The summed E-state index contributed by atoms with van der Waals surface area (Å²) >= 11 is 6.51. The summed E-state index contributed by atoms with van der Waals surface area (Å²) in [6, 6.07) is 19.0. The minimum atomic E-state index is -1.01. The number of nitrogens with one attached hydrogen (secondary N) is 2.